The average Bonchev–Trinajstić information content (AvgIpc) is 3.37. The van der Waals surface area contributed by atoms with Gasteiger partial charge in [0.2, 0.25) is 5.88 Å². The van der Waals surface area contributed by atoms with Gasteiger partial charge in [-0.15, -0.1) is 0 Å². The highest BCUT2D eigenvalue weighted by Crippen LogP contribution is 2.29. The molecular formula is C29H33N7O2. The fraction of sp³-hybridized carbons (Fsp3) is 0.379. The molecule has 0 saturated carbocycles. The summed E-state index contributed by atoms with van der Waals surface area (Å²) in [4.78, 5) is 24.3. The third-order valence-electron chi connectivity index (χ3n) is 7.51. The second kappa shape index (κ2) is 10.5. The molecule has 0 unspecified atom stereocenters. The van der Waals surface area contributed by atoms with Crippen LogP contribution in [0.2, 0.25) is 0 Å². The minimum absolute atomic E-state index is 0.116. The van der Waals surface area contributed by atoms with Crippen LogP contribution < -0.4 is 15.4 Å². The number of nitrogens with one attached hydrogen (secondary N) is 2. The summed E-state index contributed by atoms with van der Waals surface area (Å²) in [7, 11) is 0. The summed E-state index contributed by atoms with van der Waals surface area (Å²) in [5, 5.41) is 12.8. The van der Waals surface area contributed by atoms with E-state index in [-0.39, 0.29) is 12.0 Å². The third-order valence-corrected chi connectivity index (χ3v) is 7.51. The highest BCUT2D eigenvalue weighted by molar-refractivity contribution is 6.04. The van der Waals surface area contributed by atoms with Crippen LogP contribution in [0.5, 0.6) is 5.88 Å². The molecule has 0 radical (unpaired) electrons. The Balaban J connectivity index is 1.16. The van der Waals surface area contributed by atoms with Crippen LogP contribution in [-0.4, -0.2) is 62.3 Å². The van der Waals surface area contributed by atoms with Gasteiger partial charge in [0.05, 0.1) is 12.9 Å². The number of ether oxygens (including phenoxy) is 1. The maximum Gasteiger partial charge on any atom is 0.257 e. The maximum absolute atomic E-state index is 13.1. The maximum atomic E-state index is 13.1. The number of hydrogen-bond acceptors (Lipinski definition) is 7. The first-order chi connectivity index (χ1) is 18.5. The molecule has 0 atom stereocenters. The summed E-state index contributed by atoms with van der Waals surface area (Å²) in [5.74, 6) is 0.741. The van der Waals surface area contributed by atoms with Crippen LogP contribution in [0.15, 0.2) is 55.0 Å². The van der Waals surface area contributed by atoms with Crippen LogP contribution >= 0.6 is 0 Å². The van der Waals surface area contributed by atoms with Crippen molar-refractivity contribution in [3.63, 3.8) is 0 Å². The van der Waals surface area contributed by atoms with Gasteiger partial charge >= 0.3 is 0 Å². The number of piperidine rings is 1. The minimum atomic E-state index is -0.243. The smallest absolute Gasteiger partial charge is 0.257 e. The Hall–Kier alpha value is -3.82. The fourth-order valence-corrected chi connectivity index (χ4v) is 5.30. The molecule has 196 valence electrons. The molecule has 6 rings (SSSR count). The van der Waals surface area contributed by atoms with Gasteiger partial charge in [0, 0.05) is 72.8 Å². The standard InChI is InChI=1S/C29H33N7O2/c1-19(2)35-11-7-24(8-12-35)38-28-15-21(5-10-31-28)29(37)34-27-14-23-13-20(3-4-22(23)16-32-27)25-17-33-36-18-30-9-6-26(25)36/h3-5,10,13-17,19,24,30H,6-9,11-12,18H2,1-2H3,(H,32,34,37). The zero-order valence-corrected chi connectivity index (χ0v) is 21.9. The van der Waals surface area contributed by atoms with Crippen molar-refractivity contribution in [3.8, 4) is 17.0 Å². The highest BCUT2D eigenvalue weighted by atomic mass is 16.5. The van der Waals surface area contributed by atoms with Crippen molar-refractivity contribution in [1.82, 2.24) is 30.0 Å². The van der Waals surface area contributed by atoms with Gasteiger partial charge in [0.15, 0.2) is 0 Å². The molecule has 1 amide bonds. The number of pyridine rings is 2. The molecule has 4 aromatic rings. The molecule has 0 aliphatic carbocycles. The predicted octanol–water partition coefficient (Wildman–Crippen LogP) is 4.10. The monoisotopic (exact) mass is 511 g/mol. The number of amides is 1. The average molecular weight is 512 g/mol. The van der Waals surface area contributed by atoms with Crippen molar-refractivity contribution in [1.29, 1.82) is 0 Å². The number of carbonyl (C=O) groups is 1. The zero-order chi connectivity index (χ0) is 26.1. The molecule has 38 heavy (non-hydrogen) atoms. The topological polar surface area (TPSA) is 97.2 Å². The van der Waals surface area contributed by atoms with Crippen LogP contribution in [0, 0.1) is 0 Å². The summed E-state index contributed by atoms with van der Waals surface area (Å²) in [6.07, 6.45) is 8.32. The lowest BCUT2D eigenvalue weighted by Crippen LogP contribution is -2.41. The molecule has 0 spiro atoms. The van der Waals surface area contributed by atoms with E-state index >= 15 is 0 Å². The summed E-state index contributed by atoms with van der Waals surface area (Å²) < 4.78 is 8.14. The Labute approximate surface area is 222 Å². The van der Waals surface area contributed by atoms with Crippen molar-refractivity contribution in [2.45, 2.75) is 51.9 Å². The Morgan fingerprint density at radius 3 is 2.79 bits per heavy atom. The quantitative estimate of drug-likeness (QED) is 0.402. The Bertz CT molecular complexity index is 1460. The van der Waals surface area contributed by atoms with Crippen LogP contribution in [0.25, 0.3) is 21.9 Å². The molecule has 2 N–H and O–H groups in total. The lowest BCUT2D eigenvalue weighted by molar-refractivity contribution is 0.0810. The molecule has 1 aromatic carbocycles. The number of rotatable bonds is 6. The first-order valence-corrected chi connectivity index (χ1v) is 13.4. The molecule has 5 heterocycles. The van der Waals surface area contributed by atoms with E-state index in [2.05, 4.69) is 62.6 Å². The molecule has 9 nitrogen and oxygen atoms in total. The third kappa shape index (κ3) is 5.12. The molecule has 1 saturated heterocycles. The normalized spacial score (nSPS) is 16.5. The molecule has 9 heteroatoms. The fourth-order valence-electron chi connectivity index (χ4n) is 5.30. The molecule has 2 aliphatic rings. The predicted molar refractivity (Wildman–Crippen MR) is 147 cm³/mol. The van der Waals surface area contributed by atoms with Crippen molar-refractivity contribution >= 4 is 22.5 Å². The molecule has 0 bridgehead atoms. The van der Waals surface area contributed by atoms with Crippen molar-refractivity contribution in [2.75, 3.05) is 25.0 Å². The van der Waals surface area contributed by atoms with E-state index in [9.17, 15) is 4.79 Å². The number of anilines is 1. The summed E-state index contributed by atoms with van der Waals surface area (Å²) in [5.41, 5.74) is 3.99. The van der Waals surface area contributed by atoms with Gasteiger partial charge in [-0.25, -0.2) is 9.97 Å². The Kier molecular flexibility index (Phi) is 6.78. The SMILES string of the molecule is CC(C)N1CCC(Oc2cc(C(=O)Nc3cc4cc(-c5cnn6c5CCNC6)ccc4cn3)ccn2)CC1. The van der Waals surface area contributed by atoms with Crippen LogP contribution in [-0.2, 0) is 13.1 Å². The summed E-state index contributed by atoms with van der Waals surface area (Å²) in [6, 6.07) is 12.2. The molecule has 3 aromatic heterocycles. The second-order valence-electron chi connectivity index (χ2n) is 10.3. The second-order valence-corrected chi connectivity index (χ2v) is 10.3. The van der Waals surface area contributed by atoms with Gasteiger partial charge in [-0.2, -0.15) is 5.10 Å². The summed E-state index contributed by atoms with van der Waals surface area (Å²) in [6.45, 7) is 8.15. The van der Waals surface area contributed by atoms with Gasteiger partial charge in [0.1, 0.15) is 11.9 Å². The summed E-state index contributed by atoms with van der Waals surface area (Å²) >= 11 is 0. The van der Waals surface area contributed by atoms with E-state index in [1.807, 2.05) is 16.9 Å². The first-order valence-electron chi connectivity index (χ1n) is 13.4. The number of hydrogen-bond donors (Lipinski definition) is 2. The molecule has 1 fully saturated rings. The van der Waals surface area contributed by atoms with Crippen molar-refractivity contribution < 1.29 is 9.53 Å². The van der Waals surface area contributed by atoms with Gasteiger partial charge in [-0.05, 0) is 55.8 Å². The van der Waals surface area contributed by atoms with Gasteiger partial charge in [0.25, 0.3) is 5.91 Å². The number of carbonyl (C=O) groups excluding carboxylic acids is 1. The zero-order valence-electron chi connectivity index (χ0n) is 21.9. The van der Waals surface area contributed by atoms with Crippen molar-refractivity contribution in [2.24, 2.45) is 0 Å². The minimum Gasteiger partial charge on any atom is -0.474 e. The lowest BCUT2D eigenvalue weighted by atomic mass is 10.0. The van der Waals surface area contributed by atoms with Gasteiger partial charge in [-0.3, -0.25) is 14.8 Å². The largest absolute Gasteiger partial charge is 0.474 e. The van der Waals surface area contributed by atoms with Crippen molar-refractivity contribution in [3.05, 3.63) is 66.2 Å². The van der Waals surface area contributed by atoms with Crippen LogP contribution in [0.4, 0.5) is 5.82 Å². The highest BCUT2D eigenvalue weighted by Gasteiger charge is 2.23. The van der Waals surface area contributed by atoms with E-state index in [1.165, 1.54) is 5.69 Å². The molecule has 2 aliphatic heterocycles. The van der Waals surface area contributed by atoms with Crippen LogP contribution in [0.1, 0.15) is 42.7 Å². The van der Waals surface area contributed by atoms with Crippen LogP contribution in [0.3, 0.4) is 0 Å². The Morgan fingerprint density at radius 1 is 1.08 bits per heavy atom. The van der Waals surface area contributed by atoms with E-state index in [0.29, 0.717) is 23.3 Å². The van der Waals surface area contributed by atoms with E-state index in [0.717, 1.165) is 67.5 Å². The number of aromatic nitrogens is 4. The van der Waals surface area contributed by atoms with E-state index < -0.39 is 0 Å². The van der Waals surface area contributed by atoms with E-state index in [4.69, 9.17) is 4.74 Å². The first kappa shape index (κ1) is 24.5. The number of benzene rings is 1. The Morgan fingerprint density at radius 2 is 1.95 bits per heavy atom. The number of fused-ring (bicyclic) bond motifs is 2. The lowest BCUT2D eigenvalue weighted by Gasteiger charge is -2.34. The number of likely N-dealkylation sites (tertiary alicyclic amines) is 1. The molecular weight excluding hydrogens is 478 g/mol. The van der Waals surface area contributed by atoms with Gasteiger partial charge in [-0.1, -0.05) is 12.1 Å². The van der Waals surface area contributed by atoms with Gasteiger partial charge < -0.3 is 15.0 Å². The number of nitrogens with zero attached hydrogens (tertiary/aromatic N) is 5. The van der Waals surface area contributed by atoms with E-state index in [1.54, 1.807) is 24.5 Å².